The molecule has 0 radical (unpaired) electrons. The van der Waals surface area contributed by atoms with Gasteiger partial charge in [0, 0.05) is 32.1 Å². The highest BCUT2D eigenvalue weighted by Crippen LogP contribution is 2.26. The lowest BCUT2D eigenvalue weighted by molar-refractivity contribution is -0.111. The molecule has 0 bridgehead atoms. The maximum Gasteiger partial charge on any atom is 0.250 e. The summed E-state index contributed by atoms with van der Waals surface area (Å²) in [5.74, 6) is 0.431. The van der Waals surface area contributed by atoms with E-state index in [1.54, 1.807) is 13.2 Å². The Morgan fingerprint density at radius 3 is 2.77 bits per heavy atom. The van der Waals surface area contributed by atoms with Crippen molar-refractivity contribution in [3.63, 3.8) is 0 Å². The second-order valence-electron chi connectivity index (χ2n) is 5.25. The van der Waals surface area contributed by atoms with Crippen LogP contribution in [0.2, 0.25) is 5.02 Å². The molecule has 1 heterocycles. The number of halogens is 2. The van der Waals surface area contributed by atoms with Gasteiger partial charge in [-0.25, -0.2) is 4.98 Å². The van der Waals surface area contributed by atoms with E-state index >= 15 is 0 Å². The zero-order chi connectivity index (χ0) is 18.5. The quantitative estimate of drug-likeness (QED) is 0.494. The first-order valence-corrected chi connectivity index (χ1v) is 9.64. The zero-order valence-electron chi connectivity index (χ0n) is 13.7. The van der Waals surface area contributed by atoms with Gasteiger partial charge in [0.25, 0.3) is 0 Å². The Morgan fingerprint density at radius 1 is 1.27 bits per heavy atom. The van der Waals surface area contributed by atoms with Gasteiger partial charge in [0.1, 0.15) is 5.75 Å². The molecule has 1 amide bonds. The molecule has 0 unspecified atom stereocenters. The van der Waals surface area contributed by atoms with Crippen molar-refractivity contribution in [2.75, 3.05) is 12.4 Å². The van der Waals surface area contributed by atoms with Crippen LogP contribution in [0.25, 0.3) is 17.3 Å². The number of anilines is 1. The number of ether oxygens (including phenoxy) is 1. The van der Waals surface area contributed by atoms with Crippen molar-refractivity contribution in [3.05, 3.63) is 69.0 Å². The Bertz CT molecular complexity index is 954. The van der Waals surface area contributed by atoms with Crippen molar-refractivity contribution in [3.8, 4) is 17.0 Å². The van der Waals surface area contributed by atoms with E-state index in [1.807, 2.05) is 47.8 Å². The molecule has 0 aliphatic carbocycles. The molecule has 3 rings (SSSR count). The van der Waals surface area contributed by atoms with Crippen LogP contribution in [0, 0.1) is 0 Å². The monoisotopic (exact) mass is 448 g/mol. The summed E-state index contributed by atoms with van der Waals surface area (Å²) < 4.78 is 6.20. The summed E-state index contributed by atoms with van der Waals surface area (Å²) in [5, 5.41) is 5.86. The van der Waals surface area contributed by atoms with Crippen molar-refractivity contribution in [1.82, 2.24) is 4.98 Å². The number of hydrogen-bond acceptors (Lipinski definition) is 4. The lowest BCUT2D eigenvalue weighted by atomic mass is 10.2. The largest absolute Gasteiger partial charge is 0.496 e. The number of carbonyl (C=O) groups excluding carboxylic acids is 1. The van der Waals surface area contributed by atoms with E-state index in [2.05, 4.69) is 26.2 Å². The van der Waals surface area contributed by atoms with Crippen LogP contribution in [-0.2, 0) is 4.79 Å². The van der Waals surface area contributed by atoms with Gasteiger partial charge in [0.2, 0.25) is 5.91 Å². The third kappa shape index (κ3) is 4.72. The van der Waals surface area contributed by atoms with Crippen LogP contribution >= 0.6 is 38.9 Å². The van der Waals surface area contributed by atoms with Gasteiger partial charge >= 0.3 is 0 Å². The van der Waals surface area contributed by atoms with Crippen LogP contribution in [0.15, 0.2) is 58.4 Å². The Labute approximate surface area is 168 Å². The highest BCUT2D eigenvalue weighted by molar-refractivity contribution is 9.10. The highest BCUT2D eigenvalue weighted by Gasteiger charge is 2.07. The van der Waals surface area contributed by atoms with Gasteiger partial charge in [0.15, 0.2) is 5.13 Å². The zero-order valence-corrected chi connectivity index (χ0v) is 16.9. The molecule has 1 aromatic heterocycles. The van der Waals surface area contributed by atoms with Gasteiger partial charge in [-0.15, -0.1) is 11.3 Å². The maximum absolute atomic E-state index is 12.2. The molecule has 4 nitrogen and oxygen atoms in total. The fraction of sp³-hybridized carbons (Fsp3) is 0.0526. The molecule has 2 aromatic carbocycles. The topological polar surface area (TPSA) is 51.2 Å². The van der Waals surface area contributed by atoms with Crippen LogP contribution in [-0.4, -0.2) is 18.0 Å². The standard InChI is InChI=1S/C19H14BrClN2O2S/c1-25-17-8-5-14(20)10-13(17)4-9-18(24)23-19-22-16(11-26-19)12-2-6-15(21)7-3-12/h2-11H,1H3,(H,22,23,24)/b9-4+. The van der Waals surface area contributed by atoms with Crippen LogP contribution in [0.4, 0.5) is 5.13 Å². The lowest BCUT2D eigenvalue weighted by Gasteiger charge is -2.04. The number of aromatic nitrogens is 1. The van der Waals surface area contributed by atoms with Crippen LogP contribution in [0.3, 0.4) is 0 Å². The summed E-state index contributed by atoms with van der Waals surface area (Å²) in [6.07, 6.45) is 3.15. The van der Waals surface area contributed by atoms with Gasteiger partial charge in [-0.2, -0.15) is 0 Å². The molecule has 132 valence electrons. The third-order valence-electron chi connectivity index (χ3n) is 3.48. The molecule has 0 aliphatic rings. The first-order chi connectivity index (χ1) is 12.5. The van der Waals surface area contributed by atoms with Gasteiger partial charge in [-0.3, -0.25) is 10.1 Å². The minimum Gasteiger partial charge on any atom is -0.496 e. The number of thiazole rings is 1. The average molecular weight is 450 g/mol. The molecule has 0 fully saturated rings. The molecule has 7 heteroatoms. The Balaban J connectivity index is 1.69. The van der Waals surface area contributed by atoms with Crippen molar-refractivity contribution in [1.29, 1.82) is 0 Å². The molecular weight excluding hydrogens is 436 g/mol. The number of hydrogen-bond donors (Lipinski definition) is 1. The minimum absolute atomic E-state index is 0.260. The smallest absolute Gasteiger partial charge is 0.250 e. The average Bonchev–Trinajstić information content (AvgIpc) is 3.09. The number of rotatable bonds is 5. The van der Waals surface area contributed by atoms with Crippen molar-refractivity contribution >= 4 is 56.0 Å². The van der Waals surface area contributed by atoms with Crippen LogP contribution < -0.4 is 10.1 Å². The van der Waals surface area contributed by atoms with Gasteiger partial charge in [-0.1, -0.05) is 39.7 Å². The number of benzene rings is 2. The molecule has 0 saturated heterocycles. The summed E-state index contributed by atoms with van der Waals surface area (Å²) >= 11 is 10.7. The van der Waals surface area contributed by atoms with E-state index in [-0.39, 0.29) is 5.91 Å². The summed E-state index contributed by atoms with van der Waals surface area (Å²) in [7, 11) is 1.59. The summed E-state index contributed by atoms with van der Waals surface area (Å²) in [5.41, 5.74) is 2.54. The normalized spacial score (nSPS) is 10.9. The lowest BCUT2D eigenvalue weighted by Crippen LogP contribution is -2.07. The van der Waals surface area contributed by atoms with E-state index in [0.29, 0.717) is 15.9 Å². The van der Waals surface area contributed by atoms with Crippen LogP contribution in [0.5, 0.6) is 5.75 Å². The highest BCUT2D eigenvalue weighted by atomic mass is 79.9. The second-order valence-corrected chi connectivity index (χ2v) is 7.46. The van der Waals surface area contributed by atoms with Crippen molar-refractivity contribution < 1.29 is 9.53 Å². The van der Waals surface area contributed by atoms with E-state index in [4.69, 9.17) is 16.3 Å². The summed E-state index contributed by atoms with van der Waals surface area (Å²) in [4.78, 5) is 16.6. The molecule has 0 saturated carbocycles. The minimum atomic E-state index is -0.260. The maximum atomic E-state index is 12.2. The number of amides is 1. The molecule has 0 spiro atoms. The Morgan fingerprint density at radius 2 is 2.04 bits per heavy atom. The molecule has 3 aromatic rings. The second kappa shape index (κ2) is 8.49. The summed E-state index contributed by atoms with van der Waals surface area (Å²) in [6, 6.07) is 13.0. The Hall–Kier alpha value is -2.15. The van der Waals surface area contributed by atoms with Gasteiger partial charge in [0.05, 0.1) is 12.8 Å². The van der Waals surface area contributed by atoms with Gasteiger partial charge in [-0.05, 0) is 36.4 Å². The SMILES string of the molecule is COc1ccc(Br)cc1/C=C/C(=O)Nc1nc(-c2ccc(Cl)cc2)cs1. The fourth-order valence-corrected chi connectivity index (χ4v) is 3.46. The van der Waals surface area contributed by atoms with E-state index < -0.39 is 0 Å². The predicted octanol–water partition coefficient (Wildman–Crippen LogP) is 5.89. The fourth-order valence-electron chi connectivity index (χ4n) is 2.23. The number of carbonyl (C=O) groups is 1. The molecular formula is C19H14BrClN2O2S. The number of nitrogens with one attached hydrogen (secondary N) is 1. The number of nitrogens with zero attached hydrogens (tertiary/aromatic N) is 1. The van der Waals surface area contributed by atoms with Crippen molar-refractivity contribution in [2.24, 2.45) is 0 Å². The van der Waals surface area contributed by atoms with E-state index in [0.717, 1.165) is 21.3 Å². The summed E-state index contributed by atoms with van der Waals surface area (Å²) in [6.45, 7) is 0. The van der Waals surface area contributed by atoms with Crippen molar-refractivity contribution in [2.45, 2.75) is 0 Å². The first-order valence-electron chi connectivity index (χ1n) is 7.59. The van der Waals surface area contributed by atoms with Gasteiger partial charge < -0.3 is 4.74 Å². The first kappa shape index (κ1) is 18.6. The molecule has 0 atom stereocenters. The Kier molecular flexibility index (Phi) is 6.08. The van der Waals surface area contributed by atoms with E-state index in [9.17, 15) is 4.79 Å². The molecule has 0 aliphatic heterocycles. The predicted molar refractivity (Wildman–Crippen MR) is 111 cm³/mol. The van der Waals surface area contributed by atoms with E-state index in [1.165, 1.54) is 17.4 Å². The molecule has 1 N–H and O–H groups in total. The molecule has 26 heavy (non-hydrogen) atoms. The third-order valence-corrected chi connectivity index (χ3v) is 4.98. The van der Waals surface area contributed by atoms with Crippen LogP contribution in [0.1, 0.15) is 5.56 Å². The number of methoxy groups -OCH3 is 1.